The molecule has 0 aromatic carbocycles. The molecule has 0 atom stereocenters. The van der Waals surface area contributed by atoms with Gasteiger partial charge in [-0.1, -0.05) is 5.16 Å². The molecular weight excluding hydrogens is 251 g/mol. The van der Waals surface area contributed by atoms with E-state index in [-0.39, 0.29) is 0 Å². The molecule has 3 aromatic rings. The predicted molar refractivity (Wildman–Crippen MR) is 63.2 cm³/mol. The molecule has 3 aromatic heterocycles. The number of nitrogens with two attached hydrogens (primary N) is 1. The fourth-order valence-corrected chi connectivity index (χ4v) is 1.54. The summed E-state index contributed by atoms with van der Waals surface area (Å²) in [4.78, 5) is 8.02. The highest BCUT2D eigenvalue weighted by Gasteiger charge is 2.10. The van der Waals surface area contributed by atoms with Gasteiger partial charge in [0.05, 0.1) is 18.1 Å². The Morgan fingerprint density at radius 1 is 1.32 bits per heavy atom. The van der Waals surface area contributed by atoms with E-state index in [9.17, 15) is 4.39 Å². The third-order valence-electron chi connectivity index (χ3n) is 2.38. The summed E-state index contributed by atoms with van der Waals surface area (Å²) < 4.78 is 19.4. The summed E-state index contributed by atoms with van der Waals surface area (Å²) in [5.41, 5.74) is 6.54. The summed E-state index contributed by atoms with van der Waals surface area (Å²) in [6.45, 7) is 0.311. The maximum atomic E-state index is 12.7. The largest absolute Gasteiger partial charge is 0.396 e. The minimum atomic E-state index is -0.417. The average molecular weight is 260 g/mol. The predicted octanol–water partition coefficient (Wildman–Crippen LogP) is 1.10. The van der Waals surface area contributed by atoms with Gasteiger partial charge in [-0.15, -0.1) is 0 Å². The van der Waals surface area contributed by atoms with E-state index in [0.29, 0.717) is 29.6 Å². The lowest BCUT2D eigenvalue weighted by atomic mass is 10.3. The van der Waals surface area contributed by atoms with Crippen molar-refractivity contribution in [3.63, 3.8) is 0 Å². The van der Waals surface area contributed by atoms with E-state index in [1.54, 1.807) is 10.9 Å². The van der Waals surface area contributed by atoms with Crippen LogP contribution < -0.4 is 5.73 Å². The molecule has 0 aliphatic heterocycles. The quantitative estimate of drug-likeness (QED) is 0.757. The van der Waals surface area contributed by atoms with Crippen LogP contribution in [0.5, 0.6) is 0 Å². The van der Waals surface area contributed by atoms with Crippen molar-refractivity contribution in [3.05, 3.63) is 42.4 Å². The molecule has 2 N–H and O–H groups in total. The number of pyridine rings is 1. The lowest BCUT2D eigenvalue weighted by molar-refractivity contribution is 0.366. The highest BCUT2D eigenvalue weighted by atomic mass is 19.1. The summed E-state index contributed by atoms with van der Waals surface area (Å²) in [5.74, 6) is 0.249. The van der Waals surface area contributed by atoms with Crippen LogP contribution in [0.15, 0.2) is 35.2 Å². The standard InChI is InChI=1S/C11H9FN6O/c12-7-1-2-9(14-3-7)11-16-10(19-17-11)6-18-5-8(13)4-15-18/h1-5H,6,13H2. The van der Waals surface area contributed by atoms with Crippen molar-refractivity contribution in [2.45, 2.75) is 6.54 Å². The Bertz CT molecular complexity index is 689. The van der Waals surface area contributed by atoms with Gasteiger partial charge in [-0.2, -0.15) is 10.1 Å². The molecule has 0 amide bonds. The van der Waals surface area contributed by atoms with E-state index in [1.807, 2.05) is 0 Å². The van der Waals surface area contributed by atoms with Gasteiger partial charge in [-0.25, -0.2) is 9.37 Å². The highest BCUT2D eigenvalue weighted by molar-refractivity contribution is 5.47. The van der Waals surface area contributed by atoms with E-state index in [4.69, 9.17) is 10.3 Å². The molecule has 0 fully saturated rings. The van der Waals surface area contributed by atoms with E-state index >= 15 is 0 Å². The zero-order valence-corrected chi connectivity index (χ0v) is 9.69. The molecule has 0 aliphatic carbocycles. The molecule has 0 spiro atoms. The van der Waals surface area contributed by atoms with Gasteiger partial charge >= 0.3 is 0 Å². The number of halogens is 1. The summed E-state index contributed by atoms with van der Waals surface area (Å²) in [6, 6.07) is 2.77. The number of nitrogen functional groups attached to an aromatic ring is 1. The first kappa shape index (κ1) is 11.3. The molecule has 0 unspecified atom stereocenters. The number of aromatic nitrogens is 5. The van der Waals surface area contributed by atoms with Crippen LogP contribution in [-0.4, -0.2) is 24.9 Å². The van der Waals surface area contributed by atoms with Crippen molar-refractivity contribution in [2.24, 2.45) is 0 Å². The van der Waals surface area contributed by atoms with Crippen molar-refractivity contribution in [1.29, 1.82) is 0 Å². The third kappa shape index (κ3) is 2.41. The van der Waals surface area contributed by atoms with Crippen LogP contribution in [0.2, 0.25) is 0 Å². The fraction of sp³-hybridized carbons (Fsp3) is 0.0909. The lowest BCUT2D eigenvalue weighted by Crippen LogP contribution is -2.00. The molecule has 7 nitrogen and oxygen atoms in total. The monoisotopic (exact) mass is 260 g/mol. The Balaban J connectivity index is 1.81. The van der Waals surface area contributed by atoms with Crippen LogP contribution in [0.4, 0.5) is 10.1 Å². The number of nitrogens with zero attached hydrogens (tertiary/aromatic N) is 5. The molecular formula is C11H9FN6O. The maximum Gasteiger partial charge on any atom is 0.248 e. The Morgan fingerprint density at radius 3 is 2.89 bits per heavy atom. The van der Waals surface area contributed by atoms with Gasteiger partial charge in [-0.05, 0) is 12.1 Å². The third-order valence-corrected chi connectivity index (χ3v) is 2.38. The topological polar surface area (TPSA) is 95.7 Å². The van der Waals surface area contributed by atoms with Gasteiger partial charge in [0, 0.05) is 6.20 Å². The summed E-state index contributed by atoms with van der Waals surface area (Å²) in [5, 5.41) is 7.78. The van der Waals surface area contributed by atoms with Gasteiger partial charge < -0.3 is 10.3 Å². The molecule has 0 aliphatic rings. The van der Waals surface area contributed by atoms with E-state index < -0.39 is 5.82 Å². The summed E-state index contributed by atoms with van der Waals surface area (Å²) >= 11 is 0. The summed E-state index contributed by atoms with van der Waals surface area (Å²) in [6.07, 6.45) is 4.28. The number of hydrogen-bond acceptors (Lipinski definition) is 6. The SMILES string of the molecule is Nc1cnn(Cc2nc(-c3ccc(F)cn3)no2)c1. The number of hydrogen-bond donors (Lipinski definition) is 1. The van der Waals surface area contributed by atoms with Gasteiger partial charge in [0.1, 0.15) is 18.1 Å². The highest BCUT2D eigenvalue weighted by Crippen LogP contribution is 2.13. The zero-order valence-electron chi connectivity index (χ0n) is 9.69. The maximum absolute atomic E-state index is 12.7. The Kier molecular flexibility index (Phi) is 2.67. The normalized spacial score (nSPS) is 10.8. The molecule has 19 heavy (non-hydrogen) atoms. The van der Waals surface area contributed by atoms with E-state index in [0.717, 1.165) is 6.20 Å². The molecule has 0 bridgehead atoms. The minimum absolute atomic E-state index is 0.301. The van der Waals surface area contributed by atoms with Crippen LogP contribution in [0.1, 0.15) is 5.89 Å². The van der Waals surface area contributed by atoms with Crippen LogP contribution in [0, 0.1) is 5.82 Å². The van der Waals surface area contributed by atoms with Crippen LogP contribution >= 0.6 is 0 Å². The van der Waals surface area contributed by atoms with Gasteiger partial charge in [0.15, 0.2) is 0 Å². The van der Waals surface area contributed by atoms with Crippen molar-refractivity contribution < 1.29 is 8.91 Å². The first-order valence-electron chi connectivity index (χ1n) is 5.43. The molecule has 0 radical (unpaired) electrons. The molecule has 3 rings (SSSR count). The van der Waals surface area contributed by atoms with E-state index in [1.165, 1.54) is 18.3 Å². The molecule has 0 saturated carbocycles. The van der Waals surface area contributed by atoms with Crippen molar-refractivity contribution in [1.82, 2.24) is 24.9 Å². The first-order valence-corrected chi connectivity index (χ1v) is 5.43. The first-order chi connectivity index (χ1) is 9.20. The molecule has 3 heterocycles. The van der Waals surface area contributed by atoms with Crippen molar-refractivity contribution in [2.75, 3.05) is 5.73 Å². The molecule has 0 saturated heterocycles. The van der Waals surface area contributed by atoms with Gasteiger partial charge in [-0.3, -0.25) is 4.68 Å². The van der Waals surface area contributed by atoms with Crippen molar-refractivity contribution in [3.8, 4) is 11.5 Å². The molecule has 96 valence electrons. The Labute approximate surface area is 106 Å². The second-order valence-electron chi connectivity index (χ2n) is 3.84. The second kappa shape index (κ2) is 4.48. The van der Waals surface area contributed by atoms with Gasteiger partial charge in [0.25, 0.3) is 0 Å². The van der Waals surface area contributed by atoms with E-state index in [2.05, 4.69) is 20.2 Å². The lowest BCUT2D eigenvalue weighted by Gasteiger charge is -1.93. The Morgan fingerprint density at radius 2 is 2.21 bits per heavy atom. The van der Waals surface area contributed by atoms with Crippen molar-refractivity contribution >= 4 is 5.69 Å². The molecule has 8 heteroatoms. The van der Waals surface area contributed by atoms with Crippen LogP contribution in [0.25, 0.3) is 11.5 Å². The second-order valence-corrected chi connectivity index (χ2v) is 3.84. The number of rotatable bonds is 3. The van der Waals surface area contributed by atoms with Gasteiger partial charge in [0.2, 0.25) is 11.7 Å². The zero-order chi connectivity index (χ0) is 13.2. The fourth-order valence-electron chi connectivity index (χ4n) is 1.54. The Hall–Kier alpha value is -2.77. The average Bonchev–Trinajstić information content (AvgIpc) is 3.00. The number of anilines is 1. The minimum Gasteiger partial charge on any atom is -0.396 e. The van der Waals surface area contributed by atoms with Crippen LogP contribution in [-0.2, 0) is 6.54 Å². The summed E-state index contributed by atoms with van der Waals surface area (Å²) in [7, 11) is 0. The van der Waals surface area contributed by atoms with Crippen LogP contribution in [0.3, 0.4) is 0 Å². The smallest absolute Gasteiger partial charge is 0.248 e.